The van der Waals surface area contributed by atoms with E-state index in [2.05, 4.69) is 32.4 Å². The maximum Gasteiger partial charge on any atom is 0.319 e. The van der Waals surface area contributed by atoms with E-state index in [1.54, 1.807) is 0 Å². The Morgan fingerprint density at radius 1 is 1.33 bits per heavy atom. The second kappa shape index (κ2) is 7.67. The van der Waals surface area contributed by atoms with E-state index in [0.717, 1.165) is 47.7 Å². The van der Waals surface area contributed by atoms with Crippen molar-refractivity contribution in [2.45, 2.75) is 19.6 Å². The first-order chi connectivity index (χ1) is 13.2. The Balaban J connectivity index is 1.33. The topological polar surface area (TPSA) is 82.3 Å². The summed E-state index contributed by atoms with van der Waals surface area (Å²) in [6, 6.07) is 11.5. The summed E-state index contributed by atoms with van der Waals surface area (Å²) >= 11 is 0. The average molecular weight is 365 g/mol. The Bertz CT molecular complexity index is 922. The van der Waals surface area contributed by atoms with E-state index in [9.17, 15) is 4.79 Å². The average Bonchev–Trinajstić information content (AvgIpc) is 3.17. The van der Waals surface area contributed by atoms with Gasteiger partial charge in [-0.15, -0.1) is 0 Å². The van der Waals surface area contributed by atoms with Crippen molar-refractivity contribution in [1.29, 1.82) is 0 Å². The highest BCUT2D eigenvalue weighted by Crippen LogP contribution is 2.22. The van der Waals surface area contributed by atoms with Gasteiger partial charge in [-0.3, -0.25) is 0 Å². The van der Waals surface area contributed by atoms with Gasteiger partial charge in [0, 0.05) is 42.9 Å². The molecule has 3 aromatic rings. The summed E-state index contributed by atoms with van der Waals surface area (Å²) < 4.78 is 5.56. The molecule has 0 saturated carbocycles. The SMILES string of the molecule is CC1CN(c2ccc(CNC(=O)Nc3cccc4[nH]ccc34)cn2)CCO1. The number of morpholine rings is 1. The molecule has 140 valence electrons. The van der Waals surface area contributed by atoms with E-state index in [-0.39, 0.29) is 12.1 Å². The number of nitrogens with zero attached hydrogens (tertiary/aromatic N) is 2. The number of ether oxygens (including phenoxy) is 1. The lowest BCUT2D eigenvalue weighted by molar-refractivity contribution is 0.0529. The Morgan fingerprint density at radius 2 is 2.26 bits per heavy atom. The van der Waals surface area contributed by atoms with Gasteiger partial charge in [0.2, 0.25) is 0 Å². The van der Waals surface area contributed by atoms with Crippen LogP contribution in [0.15, 0.2) is 48.8 Å². The molecule has 1 fully saturated rings. The molecule has 1 unspecified atom stereocenters. The summed E-state index contributed by atoms with van der Waals surface area (Å²) in [5.74, 6) is 0.942. The van der Waals surface area contributed by atoms with Crippen LogP contribution in [0.1, 0.15) is 12.5 Å². The summed E-state index contributed by atoms with van der Waals surface area (Å²) in [4.78, 5) is 22.1. The van der Waals surface area contributed by atoms with Crippen LogP contribution in [0.4, 0.5) is 16.3 Å². The number of H-pyrrole nitrogens is 1. The molecule has 7 nitrogen and oxygen atoms in total. The van der Waals surface area contributed by atoms with Crippen LogP contribution >= 0.6 is 0 Å². The lowest BCUT2D eigenvalue weighted by Crippen LogP contribution is -2.41. The number of carbonyl (C=O) groups is 1. The minimum Gasteiger partial charge on any atom is -0.375 e. The Kier molecular flexibility index (Phi) is 4.93. The number of amides is 2. The number of rotatable bonds is 4. The van der Waals surface area contributed by atoms with E-state index in [0.29, 0.717) is 6.54 Å². The molecule has 27 heavy (non-hydrogen) atoms. The molecule has 0 aliphatic carbocycles. The van der Waals surface area contributed by atoms with Crippen molar-refractivity contribution in [2.75, 3.05) is 29.9 Å². The number of aromatic nitrogens is 2. The standard InChI is InChI=1S/C20H23N5O2/c1-14-13-25(9-10-27-14)19-6-5-15(11-22-19)12-23-20(26)24-18-4-2-3-17-16(18)7-8-21-17/h2-8,11,14,21H,9-10,12-13H2,1H3,(H2,23,24,26). The van der Waals surface area contributed by atoms with Crippen LogP contribution in [-0.4, -0.2) is 41.8 Å². The molecule has 1 atom stereocenters. The van der Waals surface area contributed by atoms with Gasteiger partial charge in [-0.1, -0.05) is 12.1 Å². The van der Waals surface area contributed by atoms with Crippen molar-refractivity contribution in [3.63, 3.8) is 0 Å². The van der Waals surface area contributed by atoms with Gasteiger partial charge in [0.15, 0.2) is 0 Å². The molecule has 1 aliphatic heterocycles. The minimum atomic E-state index is -0.241. The molecule has 0 bridgehead atoms. The fourth-order valence-electron chi connectivity index (χ4n) is 3.28. The molecular formula is C20H23N5O2. The summed E-state index contributed by atoms with van der Waals surface area (Å²) in [7, 11) is 0. The van der Waals surface area contributed by atoms with Crippen molar-refractivity contribution >= 4 is 28.4 Å². The molecule has 3 heterocycles. The van der Waals surface area contributed by atoms with E-state index >= 15 is 0 Å². The zero-order valence-electron chi connectivity index (χ0n) is 15.2. The van der Waals surface area contributed by atoms with Gasteiger partial charge in [-0.25, -0.2) is 9.78 Å². The van der Waals surface area contributed by atoms with Gasteiger partial charge in [0.05, 0.1) is 18.4 Å². The van der Waals surface area contributed by atoms with Gasteiger partial charge >= 0.3 is 6.03 Å². The molecule has 1 aliphatic rings. The number of hydrogen-bond donors (Lipinski definition) is 3. The number of anilines is 2. The third-order valence-corrected chi connectivity index (χ3v) is 4.67. The zero-order chi connectivity index (χ0) is 18.6. The third kappa shape index (κ3) is 4.03. The van der Waals surface area contributed by atoms with E-state index in [4.69, 9.17) is 4.74 Å². The molecule has 1 saturated heterocycles. The van der Waals surface area contributed by atoms with Crippen molar-refractivity contribution in [1.82, 2.24) is 15.3 Å². The first-order valence-electron chi connectivity index (χ1n) is 9.11. The van der Waals surface area contributed by atoms with Crippen LogP contribution in [0.5, 0.6) is 0 Å². The molecular weight excluding hydrogens is 342 g/mol. The molecule has 2 aromatic heterocycles. The van der Waals surface area contributed by atoms with Gasteiger partial charge < -0.3 is 25.3 Å². The number of nitrogens with one attached hydrogen (secondary N) is 3. The highest BCUT2D eigenvalue weighted by atomic mass is 16.5. The lowest BCUT2D eigenvalue weighted by Gasteiger charge is -2.32. The maximum atomic E-state index is 12.2. The third-order valence-electron chi connectivity index (χ3n) is 4.67. The van der Waals surface area contributed by atoms with Crippen LogP contribution in [0.3, 0.4) is 0 Å². The number of pyridine rings is 1. The minimum absolute atomic E-state index is 0.218. The number of urea groups is 1. The smallest absolute Gasteiger partial charge is 0.319 e. The fourth-order valence-corrected chi connectivity index (χ4v) is 3.28. The van der Waals surface area contributed by atoms with E-state index < -0.39 is 0 Å². The highest BCUT2D eigenvalue weighted by molar-refractivity contribution is 6.00. The van der Waals surface area contributed by atoms with Gasteiger partial charge in [-0.05, 0) is 36.8 Å². The van der Waals surface area contributed by atoms with Crippen LogP contribution in [0, 0.1) is 0 Å². The number of hydrogen-bond acceptors (Lipinski definition) is 4. The van der Waals surface area contributed by atoms with Crippen molar-refractivity contribution < 1.29 is 9.53 Å². The maximum absolute atomic E-state index is 12.2. The molecule has 7 heteroatoms. The number of carbonyl (C=O) groups excluding carboxylic acids is 1. The fraction of sp³-hybridized carbons (Fsp3) is 0.300. The molecule has 3 N–H and O–H groups in total. The lowest BCUT2D eigenvalue weighted by atomic mass is 10.2. The molecule has 1 aromatic carbocycles. The largest absolute Gasteiger partial charge is 0.375 e. The molecule has 0 radical (unpaired) electrons. The van der Waals surface area contributed by atoms with Crippen LogP contribution in [0.2, 0.25) is 0 Å². The van der Waals surface area contributed by atoms with Gasteiger partial charge in [0.25, 0.3) is 0 Å². The predicted molar refractivity (Wildman–Crippen MR) is 106 cm³/mol. The summed E-state index contributed by atoms with van der Waals surface area (Å²) in [5.41, 5.74) is 2.72. The highest BCUT2D eigenvalue weighted by Gasteiger charge is 2.17. The Morgan fingerprint density at radius 3 is 3.07 bits per heavy atom. The molecule has 4 rings (SSSR count). The predicted octanol–water partition coefficient (Wildman–Crippen LogP) is 3.11. The van der Waals surface area contributed by atoms with E-state index in [1.165, 1.54) is 0 Å². The normalized spacial score (nSPS) is 17.1. The quantitative estimate of drug-likeness (QED) is 0.663. The molecule has 0 spiro atoms. The van der Waals surface area contributed by atoms with Crippen molar-refractivity contribution in [2.24, 2.45) is 0 Å². The van der Waals surface area contributed by atoms with Crippen LogP contribution in [-0.2, 0) is 11.3 Å². The van der Waals surface area contributed by atoms with Crippen LogP contribution in [0.25, 0.3) is 10.9 Å². The number of benzene rings is 1. The Labute approximate surface area is 157 Å². The van der Waals surface area contributed by atoms with Gasteiger partial charge in [0.1, 0.15) is 5.82 Å². The number of fused-ring (bicyclic) bond motifs is 1. The van der Waals surface area contributed by atoms with E-state index in [1.807, 2.05) is 48.8 Å². The monoisotopic (exact) mass is 365 g/mol. The molecule has 2 amide bonds. The first kappa shape index (κ1) is 17.4. The van der Waals surface area contributed by atoms with Gasteiger partial charge in [-0.2, -0.15) is 0 Å². The summed E-state index contributed by atoms with van der Waals surface area (Å²) in [5, 5.41) is 6.76. The summed E-state index contributed by atoms with van der Waals surface area (Å²) in [6.07, 6.45) is 3.88. The van der Waals surface area contributed by atoms with Crippen LogP contribution < -0.4 is 15.5 Å². The first-order valence-corrected chi connectivity index (χ1v) is 9.11. The Hall–Kier alpha value is -3.06. The second-order valence-electron chi connectivity index (χ2n) is 6.70. The number of aromatic amines is 1. The summed E-state index contributed by atoms with van der Waals surface area (Å²) in [6.45, 7) is 4.90. The van der Waals surface area contributed by atoms with Crippen molar-refractivity contribution in [3.05, 3.63) is 54.4 Å². The van der Waals surface area contributed by atoms with Crippen molar-refractivity contribution in [3.8, 4) is 0 Å². The second-order valence-corrected chi connectivity index (χ2v) is 6.70. The zero-order valence-corrected chi connectivity index (χ0v) is 15.2.